The highest BCUT2D eigenvalue weighted by Crippen LogP contribution is 2.47. The lowest BCUT2D eigenvalue weighted by molar-refractivity contribution is -0.0340. The van der Waals surface area contributed by atoms with E-state index in [1.807, 2.05) is 30.3 Å². The molecule has 0 amide bonds. The molecule has 4 rings (SSSR count). The van der Waals surface area contributed by atoms with E-state index in [0.29, 0.717) is 12.8 Å². The quantitative estimate of drug-likeness (QED) is 0.864. The van der Waals surface area contributed by atoms with Crippen LogP contribution in [0.1, 0.15) is 43.2 Å². The van der Waals surface area contributed by atoms with Gasteiger partial charge in [0.25, 0.3) is 16.4 Å². The van der Waals surface area contributed by atoms with Crippen molar-refractivity contribution in [3.63, 3.8) is 0 Å². The summed E-state index contributed by atoms with van der Waals surface area (Å²) in [6.45, 7) is 0. The minimum absolute atomic E-state index is 0.279. The zero-order chi connectivity index (χ0) is 19.2. The van der Waals surface area contributed by atoms with Crippen molar-refractivity contribution < 1.29 is 22.3 Å². The van der Waals surface area contributed by atoms with Crippen LogP contribution in [0, 0.1) is 0 Å². The van der Waals surface area contributed by atoms with Crippen molar-refractivity contribution in [2.75, 3.05) is 0 Å². The van der Waals surface area contributed by atoms with Gasteiger partial charge in [0, 0.05) is 23.8 Å². The molecule has 5 nitrogen and oxygen atoms in total. The summed E-state index contributed by atoms with van der Waals surface area (Å²) in [6.07, 6.45) is 0.160. The van der Waals surface area contributed by atoms with Crippen molar-refractivity contribution >= 4 is 10.0 Å². The molecule has 2 aromatic rings. The Morgan fingerprint density at radius 2 is 1.74 bits per heavy atom. The second-order valence-corrected chi connectivity index (χ2v) is 9.04. The Labute approximate surface area is 156 Å². The molecular formula is C19H20F2N2O3S. The Morgan fingerprint density at radius 3 is 2.33 bits per heavy atom. The largest absolute Gasteiger partial charge is 0.385 e. The molecule has 2 aliphatic heterocycles. The van der Waals surface area contributed by atoms with Gasteiger partial charge in [0.2, 0.25) is 0 Å². The number of aliphatic hydroxyl groups is 1. The lowest BCUT2D eigenvalue weighted by atomic mass is 9.81. The fourth-order valence-electron chi connectivity index (χ4n) is 4.37. The van der Waals surface area contributed by atoms with Gasteiger partial charge >= 0.3 is 0 Å². The molecule has 0 aliphatic carbocycles. The van der Waals surface area contributed by atoms with Gasteiger partial charge in [-0.1, -0.05) is 30.3 Å². The van der Waals surface area contributed by atoms with Crippen LogP contribution in [0.5, 0.6) is 0 Å². The predicted molar refractivity (Wildman–Crippen MR) is 94.6 cm³/mol. The van der Waals surface area contributed by atoms with Crippen LogP contribution in [-0.2, 0) is 15.6 Å². The number of aromatic nitrogens is 1. The molecule has 144 valence electrons. The van der Waals surface area contributed by atoms with E-state index in [-0.39, 0.29) is 35.5 Å². The van der Waals surface area contributed by atoms with Crippen molar-refractivity contribution in [2.45, 2.75) is 54.8 Å². The molecule has 1 aromatic heterocycles. The average molecular weight is 394 g/mol. The van der Waals surface area contributed by atoms with Crippen LogP contribution in [-0.4, -0.2) is 34.9 Å². The molecule has 0 saturated carbocycles. The molecule has 0 spiro atoms. The first-order chi connectivity index (χ1) is 12.8. The highest BCUT2D eigenvalue weighted by Gasteiger charge is 2.53. The SMILES string of the molecule is O=S(=O)(c1cc(C(F)F)ccn1)N1C2CCC1CC(O)(c1ccccc1)C2. The standard InChI is InChI=1S/C19H20F2N2O3S/c20-18(21)13-8-9-22-17(10-13)27(25,26)23-15-6-7-16(23)12-19(24,11-15)14-4-2-1-3-5-14/h1-5,8-10,15-16,18,24H,6-7,11-12H2. The van der Waals surface area contributed by atoms with Gasteiger partial charge in [0.1, 0.15) is 0 Å². The van der Waals surface area contributed by atoms with E-state index in [0.717, 1.165) is 23.9 Å². The van der Waals surface area contributed by atoms with Crippen LogP contribution in [0.15, 0.2) is 53.7 Å². The second kappa shape index (κ2) is 6.61. The smallest absolute Gasteiger partial charge is 0.264 e. The van der Waals surface area contributed by atoms with E-state index in [1.165, 1.54) is 4.31 Å². The lowest BCUT2D eigenvalue weighted by Gasteiger charge is -2.43. The van der Waals surface area contributed by atoms with E-state index >= 15 is 0 Å². The molecule has 27 heavy (non-hydrogen) atoms. The number of halogens is 2. The Hall–Kier alpha value is -1.90. The molecule has 2 saturated heterocycles. The Bertz CT molecular complexity index is 923. The predicted octanol–water partition coefficient (Wildman–Crippen LogP) is 3.22. The van der Waals surface area contributed by atoms with E-state index < -0.39 is 22.0 Å². The summed E-state index contributed by atoms with van der Waals surface area (Å²) < 4.78 is 53.5. The summed E-state index contributed by atoms with van der Waals surface area (Å²) in [4.78, 5) is 3.83. The summed E-state index contributed by atoms with van der Waals surface area (Å²) in [7, 11) is -4.01. The number of nitrogens with zero attached hydrogens (tertiary/aromatic N) is 2. The molecular weight excluding hydrogens is 374 g/mol. The molecule has 2 aliphatic rings. The van der Waals surface area contributed by atoms with Crippen LogP contribution in [0.4, 0.5) is 8.78 Å². The number of fused-ring (bicyclic) bond motifs is 2. The summed E-state index contributed by atoms with van der Waals surface area (Å²) >= 11 is 0. The summed E-state index contributed by atoms with van der Waals surface area (Å²) in [5, 5.41) is 10.8. The van der Waals surface area contributed by atoms with Gasteiger partial charge in [-0.25, -0.2) is 22.2 Å². The van der Waals surface area contributed by atoms with Crippen molar-refractivity contribution in [3.8, 4) is 0 Å². The van der Waals surface area contributed by atoms with Gasteiger partial charge in [-0.3, -0.25) is 0 Å². The minimum atomic E-state index is -4.01. The minimum Gasteiger partial charge on any atom is -0.385 e. The molecule has 2 bridgehead atoms. The Kier molecular flexibility index (Phi) is 4.52. The van der Waals surface area contributed by atoms with Gasteiger partial charge in [-0.05, 0) is 43.4 Å². The van der Waals surface area contributed by atoms with Crippen molar-refractivity contribution in [2.24, 2.45) is 0 Å². The van der Waals surface area contributed by atoms with Crippen LogP contribution in [0.3, 0.4) is 0 Å². The topological polar surface area (TPSA) is 70.5 Å². The first-order valence-corrected chi connectivity index (χ1v) is 10.3. The summed E-state index contributed by atoms with van der Waals surface area (Å²) in [5.41, 5.74) is -0.678. The van der Waals surface area contributed by atoms with Crippen LogP contribution < -0.4 is 0 Å². The number of piperidine rings is 1. The number of benzene rings is 1. The number of sulfonamides is 1. The first kappa shape index (κ1) is 18.5. The third kappa shape index (κ3) is 3.15. The summed E-state index contributed by atoms with van der Waals surface area (Å²) in [5.74, 6) is 0. The second-order valence-electron chi connectivity index (χ2n) is 7.25. The molecule has 0 radical (unpaired) electrons. The highest BCUT2D eigenvalue weighted by atomic mass is 32.2. The highest BCUT2D eigenvalue weighted by molar-refractivity contribution is 7.89. The number of hydrogen-bond donors (Lipinski definition) is 1. The third-order valence-corrected chi connectivity index (χ3v) is 7.47. The molecule has 3 heterocycles. The zero-order valence-corrected chi connectivity index (χ0v) is 15.3. The van der Waals surface area contributed by atoms with Crippen molar-refractivity contribution in [3.05, 3.63) is 59.8 Å². The number of hydrogen-bond acceptors (Lipinski definition) is 4. The van der Waals surface area contributed by atoms with Crippen LogP contribution in [0.2, 0.25) is 0 Å². The average Bonchev–Trinajstić information content (AvgIpc) is 2.96. The molecule has 2 unspecified atom stereocenters. The zero-order valence-electron chi connectivity index (χ0n) is 14.5. The Balaban J connectivity index is 1.66. The lowest BCUT2D eigenvalue weighted by Crippen LogP contribution is -2.52. The third-order valence-electron chi connectivity index (χ3n) is 5.56. The number of rotatable bonds is 4. The molecule has 1 N–H and O–H groups in total. The van der Waals surface area contributed by atoms with Gasteiger partial charge in [0.15, 0.2) is 5.03 Å². The van der Waals surface area contributed by atoms with E-state index in [1.54, 1.807) is 0 Å². The van der Waals surface area contributed by atoms with Crippen molar-refractivity contribution in [1.82, 2.24) is 9.29 Å². The molecule has 1 aromatic carbocycles. The first-order valence-electron chi connectivity index (χ1n) is 8.87. The van der Waals surface area contributed by atoms with Gasteiger partial charge in [-0.15, -0.1) is 0 Å². The fourth-order valence-corrected chi connectivity index (χ4v) is 6.21. The van der Waals surface area contributed by atoms with E-state index in [9.17, 15) is 22.3 Å². The number of alkyl halides is 2. The normalized spacial score (nSPS) is 28.6. The summed E-state index contributed by atoms with van der Waals surface area (Å²) in [6, 6.07) is 10.5. The van der Waals surface area contributed by atoms with Gasteiger partial charge < -0.3 is 5.11 Å². The van der Waals surface area contributed by atoms with Crippen LogP contribution in [0.25, 0.3) is 0 Å². The van der Waals surface area contributed by atoms with Gasteiger partial charge in [-0.2, -0.15) is 4.31 Å². The maximum Gasteiger partial charge on any atom is 0.264 e. The fraction of sp³-hybridized carbons (Fsp3) is 0.421. The maximum atomic E-state index is 13.1. The monoisotopic (exact) mass is 394 g/mol. The van der Waals surface area contributed by atoms with Gasteiger partial charge in [0.05, 0.1) is 5.60 Å². The Morgan fingerprint density at radius 1 is 1.11 bits per heavy atom. The van der Waals surface area contributed by atoms with Crippen molar-refractivity contribution in [1.29, 1.82) is 0 Å². The number of pyridine rings is 1. The molecule has 2 fully saturated rings. The van der Waals surface area contributed by atoms with E-state index in [2.05, 4.69) is 4.98 Å². The molecule has 8 heteroatoms. The van der Waals surface area contributed by atoms with Crippen LogP contribution >= 0.6 is 0 Å². The van der Waals surface area contributed by atoms with E-state index in [4.69, 9.17) is 0 Å². The molecule has 2 atom stereocenters. The maximum absolute atomic E-state index is 13.1.